The molecule has 0 rings (SSSR count). The first-order valence-electron chi connectivity index (χ1n) is 6.84. The van der Waals surface area contributed by atoms with E-state index in [9.17, 15) is 0 Å². The maximum absolute atomic E-state index is 8.64. The highest BCUT2D eigenvalue weighted by molar-refractivity contribution is 4.60. The third-order valence-corrected chi connectivity index (χ3v) is 3.00. The van der Waals surface area contributed by atoms with E-state index >= 15 is 0 Å². The van der Waals surface area contributed by atoms with Crippen LogP contribution in [0.4, 0.5) is 0 Å². The van der Waals surface area contributed by atoms with Gasteiger partial charge in [0, 0.05) is 13.7 Å². The monoisotopic (exact) mass is 230 g/mol. The number of ether oxygens (including phenoxy) is 1. The normalized spacial score (nSPS) is 13.3. The summed E-state index contributed by atoms with van der Waals surface area (Å²) in [6.07, 6.45) is 10.1. The molecule has 0 aromatic heterocycles. The van der Waals surface area contributed by atoms with Gasteiger partial charge in [-0.25, -0.2) is 0 Å². The van der Waals surface area contributed by atoms with Crippen LogP contribution in [0.15, 0.2) is 0 Å². The second-order valence-corrected chi connectivity index (χ2v) is 5.12. The van der Waals surface area contributed by atoms with Crippen molar-refractivity contribution < 1.29 is 9.84 Å². The molecule has 0 radical (unpaired) electrons. The third-order valence-electron chi connectivity index (χ3n) is 3.00. The topological polar surface area (TPSA) is 29.5 Å². The molecule has 98 valence electrons. The number of unbranched alkanes of at least 4 members (excludes halogenated alkanes) is 5. The van der Waals surface area contributed by atoms with Crippen molar-refractivity contribution in [3.8, 4) is 0 Å². The van der Waals surface area contributed by atoms with Crippen LogP contribution < -0.4 is 0 Å². The van der Waals surface area contributed by atoms with Crippen LogP contribution in [0.5, 0.6) is 0 Å². The van der Waals surface area contributed by atoms with Crippen LogP contribution in [0.1, 0.15) is 65.2 Å². The minimum absolute atomic E-state index is 0.347. The number of hydrogen-bond donors (Lipinski definition) is 1. The molecule has 0 amide bonds. The first-order valence-corrected chi connectivity index (χ1v) is 6.84. The maximum Gasteiger partial charge on any atom is 0.0573 e. The van der Waals surface area contributed by atoms with Gasteiger partial charge < -0.3 is 9.84 Å². The van der Waals surface area contributed by atoms with Crippen molar-refractivity contribution in [3.05, 3.63) is 0 Å². The molecule has 0 saturated carbocycles. The predicted octanol–water partition coefficient (Wildman–Crippen LogP) is 3.77. The summed E-state index contributed by atoms with van der Waals surface area (Å²) < 4.78 is 5.47. The molecule has 1 atom stereocenters. The smallest absolute Gasteiger partial charge is 0.0573 e. The molecule has 2 heteroatoms. The van der Waals surface area contributed by atoms with Crippen molar-refractivity contribution in [2.75, 3.05) is 13.7 Å². The first-order chi connectivity index (χ1) is 7.70. The third kappa shape index (κ3) is 10.4. The molecule has 1 N–H and O–H groups in total. The molecule has 2 nitrogen and oxygen atoms in total. The summed E-state index contributed by atoms with van der Waals surface area (Å²) in [4.78, 5) is 0. The van der Waals surface area contributed by atoms with Gasteiger partial charge >= 0.3 is 0 Å². The molecule has 0 bridgehead atoms. The fraction of sp³-hybridized carbons (Fsp3) is 1.00. The fourth-order valence-electron chi connectivity index (χ4n) is 2.05. The number of methoxy groups -OCH3 is 1. The Bertz CT molecular complexity index is 135. The molecular formula is C14H30O2. The van der Waals surface area contributed by atoms with Crippen LogP contribution in [-0.4, -0.2) is 24.9 Å². The highest BCUT2D eigenvalue weighted by atomic mass is 16.5. The molecule has 0 aliphatic rings. The predicted molar refractivity (Wildman–Crippen MR) is 69.7 cm³/mol. The summed E-state index contributed by atoms with van der Waals surface area (Å²) in [6.45, 7) is 4.85. The van der Waals surface area contributed by atoms with E-state index in [0.717, 1.165) is 12.3 Å². The Morgan fingerprint density at radius 1 is 0.938 bits per heavy atom. The highest BCUT2D eigenvalue weighted by Gasteiger charge is 2.08. The van der Waals surface area contributed by atoms with E-state index in [2.05, 4.69) is 13.8 Å². The molecule has 0 aromatic rings. The summed E-state index contributed by atoms with van der Waals surface area (Å²) in [5.74, 6) is 0.731. The first kappa shape index (κ1) is 15.9. The summed E-state index contributed by atoms with van der Waals surface area (Å²) in [6, 6.07) is 0. The molecule has 0 spiro atoms. The van der Waals surface area contributed by atoms with E-state index in [4.69, 9.17) is 9.84 Å². The molecule has 1 unspecified atom stereocenters. The zero-order valence-electron chi connectivity index (χ0n) is 11.4. The highest BCUT2D eigenvalue weighted by Crippen LogP contribution is 2.15. The molecule has 0 aliphatic carbocycles. The lowest BCUT2D eigenvalue weighted by molar-refractivity contribution is 0.0751. The Morgan fingerprint density at radius 3 is 2.00 bits per heavy atom. The summed E-state index contributed by atoms with van der Waals surface area (Å²) in [5.41, 5.74) is 0. The van der Waals surface area contributed by atoms with Crippen LogP contribution in [0, 0.1) is 5.92 Å². The summed E-state index contributed by atoms with van der Waals surface area (Å²) in [7, 11) is 1.83. The van der Waals surface area contributed by atoms with Crippen LogP contribution >= 0.6 is 0 Å². The average Bonchev–Trinajstić information content (AvgIpc) is 2.25. The van der Waals surface area contributed by atoms with Gasteiger partial charge in [0.15, 0.2) is 0 Å². The molecule has 0 aliphatic heterocycles. The van der Waals surface area contributed by atoms with Crippen molar-refractivity contribution >= 4 is 0 Å². The van der Waals surface area contributed by atoms with Crippen LogP contribution in [0.2, 0.25) is 0 Å². The Labute approximate surface area is 101 Å². The van der Waals surface area contributed by atoms with Gasteiger partial charge in [0.2, 0.25) is 0 Å². The Morgan fingerprint density at radius 2 is 1.50 bits per heavy atom. The van der Waals surface area contributed by atoms with E-state index in [-0.39, 0.29) is 0 Å². The number of hydrogen-bond acceptors (Lipinski definition) is 2. The Balaban J connectivity index is 3.27. The Kier molecular flexibility index (Phi) is 11.3. The van der Waals surface area contributed by atoms with Crippen molar-refractivity contribution in [2.45, 2.75) is 71.3 Å². The van der Waals surface area contributed by atoms with E-state index < -0.39 is 0 Å². The standard InChI is InChI=1S/C14H30O2/c1-13(2)12-14(16-3)10-8-6-4-5-7-9-11-15/h13-15H,4-12H2,1-3H3. The van der Waals surface area contributed by atoms with Gasteiger partial charge in [-0.1, -0.05) is 46.0 Å². The molecule has 16 heavy (non-hydrogen) atoms. The fourth-order valence-corrected chi connectivity index (χ4v) is 2.05. The van der Waals surface area contributed by atoms with E-state index in [1.54, 1.807) is 0 Å². The maximum atomic E-state index is 8.64. The van der Waals surface area contributed by atoms with Gasteiger partial charge in [-0.2, -0.15) is 0 Å². The zero-order valence-corrected chi connectivity index (χ0v) is 11.4. The number of aliphatic hydroxyl groups excluding tert-OH is 1. The Hall–Kier alpha value is -0.0800. The minimum atomic E-state index is 0.347. The largest absolute Gasteiger partial charge is 0.396 e. The second kappa shape index (κ2) is 11.4. The lowest BCUT2D eigenvalue weighted by Crippen LogP contribution is -2.13. The summed E-state index contributed by atoms with van der Waals surface area (Å²) in [5, 5.41) is 8.64. The van der Waals surface area contributed by atoms with Crippen molar-refractivity contribution in [3.63, 3.8) is 0 Å². The SMILES string of the molecule is COC(CCCCCCCCO)CC(C)C. The molecule has 0 aromatic carbocycles. The zero-order chi connectivity index (χ0) is 12.2. The van der Waals surface area contributed by atoms with Gasteiger partial charge in [-0.15, -0.1) is 0 Å². The second-order valence-electron chi connectivity index (χ2n) is 5.12. The summed E-state index contributed by atoms with van der Waals surface area (Å²) >= 11 is 0. The number of rotatable bonds is 11. The average molecular weight is 230 g/mol. The van der Waals surface area contributed by atoms with Crippen molar-refractivity contribution in [2.24, 2.45) is 5.92 Å². The number of aliphatic hydroxyl groups is 1. The van der Waals surface area contributed by atoms with Gasteiger partial charge in [0.05, 0.1) is 6.10 Å². The minimum Gasteiger partial charge on any atom is -0.396 e. The van der Waals surface area contributed by atoms with Gasteiger partial charge in [-0.3, -0.25) is 0 Å². The van der Waals surface area contributed by atoms with Crippen LogP contribution in [0.25, 0.3) is 0 Å². The van der Waals surface area contributed by atoms with Gasteiger partial charge in [0.25, 0.3) is 0 Å². The van der Waals surface area contributed by atoms with Crippen LogP contribution in [0.3, 0.4) is 0 Å². The lowest BCUT2D eigenvalue weighted by atomic mass is 10.00. The van der Waals surface area contributed by atoms with Crippen molar-refractivity contribution in [1.29, 1.82) is 0 Å². The molecular weight excluding hydrogens is 200 g/mol. The van der Waals surface area contributed by atoms with Crippen LogP contribution in [-0.2, 0) is 4.74 Å². The quantitative estimate of drug-likeness (QED) is 0.547. The van der Waals surface area contributed by atoms with Gasteiger partial charge in [0.1, 0.15) is 0 Å². The molecule has 0 saturated heterocycles. The van der Waals surface area contributed by atoms with E-state index in [1.807, 2.05) is 7.11 Å². The van der Waals surface area contributed by atoms with Crippen molar-refractivity contribution in [1.82, 2.24) is 0 Å². The van der Waals surface area contributed by atoms with E-state index in [0.29, 0.717) is 12.7 Å². The van der Waals surface area contributed by atoms with E-state index in [1.165, 1.54) is 44.9 Å². The van der Waals surface area contributed by atoms with Gasteiger partial charge in [-0.05, 0) is 25.2 Å². The molecule has 0 heterocycles. The lowest BCUT2D eigenvalue weighted by Gasteiger charge is -2.17. The molecule has 0 fully saturated rings.